The molecule has 0 aliphatic carbocycles. The zero-order valence-electron chi connectivity index (χ0n) is 12.8. The molecule has 0 saturated carbocycles. The molecule has 2 aromatic rings. The smallest absolute Gasteiger partial charge is 0.294 e. The molecule has 0 spiro atoms. The van der Waals surface area contributed by atoms with E-state index < -0.39 is 23.6 Å². The predicted molar refractivity (Wildman–Crippen MR) is 107 cm³/mol. The minimum atomic E-state index is -0.579. The second kappa shape index (κ2) is 8.02. The van der Waals surface area contributed by atoms with E-state index >= 15 is 0 Å². The van der Waals surface area contributed by atoms with E-state index in [-0.39, 0.29) is 25.7 Å². The summed E-state index contributed by atoms with van der Waals surface area (Å²) < 4.78 is 0. The van der Waals surface area contributed by atoms with Crippen molar-refractivity contribution < 1.29 is 14.4 Å². The molecule has 3 rings (SSSR count). The van der Waals surface area contributed by atoms with Crippen LogP contribution in [0, 0.1) is 0 Å². The fourth-order valence-electron chi connectivity index (χ4n) is 2.09. The minimum absolute atomic E-state index is 0.194. The van der Waals surface area contributed by atoms with Crippen molar-refractivity contribution in [3.8, 4) is 0 Å². The van der Waals surface area contributed by atoms with E-state index in [9.17, 15) is 14.4 Å². The van der Waals surface area contributed by atoms with Crippen LogP contribution in [-0.4, -0.2) is 28.5 Å². The summed E-state index contributed by atoms with van der Waals surface area (Å²) in [6.07, 6.45) is 1.63. The van der Waals surface area contributed by atoms with Gasteiger partial charge in [-0.2, -0.15) is 0 Å². The Morgan fingerprint density at radius 1 is 1.15 bits per heavy atom. The first kappa shape index (κ1) is 19.3. The van der Waals surface area contributed by atoms with Crippen LogP contribution in [0.25, 0.3) is 6.08 Å². The van der Waals surface area contributed by atoms with E-state index in [1.54, 1.807) is 6.08 Å². The number of halogens is 3. The third kappa shape index (κ3) is 4.24. The monoisotopic (exact) mass is 446 g/mol. The number of benzene rings is 1. The Hall–Kier alpha value is -1.51. The van der Waals surface area contributed by atoms with Gasteiger partial charge < -0.3 is 5.32 Å². The molecule has 1 aromatic carbocycles. The Balaban J connectivity index is 1.70. The summed E-state index contributed by atoms with van der Waals surface area (Å²) in [6.45, 7) is -0.428. The first-order valence-electron chi connectivity index (χ1n) is 7.08. The molecule has 1 fully saturated rings. The first-order valence-corrected chi connectivity index (χ1v) is 9.91. The summed E-state index contributed by atoms with van der Waals surface area (Å²) in [7, 11) is 0. The Labute approximate surface area is 171 Å². The van der Waals surface area contributed by atoms with E-state index in [1.165, 1.54) is 23.5 Å². The Kier molecular flexibility index (Phi) is 5.94. The van der Waals surface area contributed by atoms with Crippen LogP contribution < -0.4 is 5.32 Å². The molecule has 0 unspecified atom stereocenters. The van der Waals surface area contributed by atoms with Gasteiger partial charge in [0.1, 0.15) is 6.54 Å². The number of hydrogen-bond donors (Lipinski definition) is 1. The van der Waals surface area contributed by atoms with E-state index in [0.29, 0.717) is 0 Å². The van der Waals surface area contributed by atoms with Crippen LogP contribution in [0.3, 0.4) is 0 Å². The Morgan fingerprint density at radius 3 is 2.58 bits per heavy atom. The number of thioether (sulfide) groups is 1. The van der Waals surface area contributed by atoms with E-state index in [2.05, 4.69) is 5.32 Å². The van der Waals surface area contributed by atoms with Gasteiger partial charge in [0.2, 0.25) is 5.91 Å². The number of carbonyl (C=O) groups is 3. The second-order valence-electron chi connectivity index (χ2n) is 5.08. The zero-order valence-corrected chi connectivity index (χ0v) is 16.7. The van der Waals surface area contributed by atoms with Crippen molar-refractivity contribution >= 4 is 86.7 Å². The molecule has 1 aliphatic rings. The molecule has 0 atom stereocenters. The highest BCUT2D eigenvalue weighted by atomic mass is 35.5. The summed E-state index contributed by atoms with van der Waals surface area (Å²) in [5.74, 6) is -1.09. The van der Waals surface area contributed by atoms with Gasteiger partial charge in [-0.05, 0) is 41.4 Å². The van der Waals surface area contributed by atoms with Crippen molar-refractivity contribution in [2.24, 2.45) is 0 Å². The number of carbonyl (C=O) groups excluding carboxylic acids is 3. The third-order valence-corrected chi connectivity index (χ3v) is 6.04. The van der Waals surface area contributed by atoms with Crippen molar-refractivity contribution in [1.82, 2.24) is 4.90 Å². The van der Waals surface area contributed by atoms with Gasteiger partial charge in [0, 0.05) is 4.88 Å². The molecule has 10 heteroatoms. The number of nitrogens with one attached hydrogen (secondary N) is 1. The average molecular weight is 448 g/mol. The normalized spacial score (nSPS) is 15.8. The third-order valence-electron chi connectivity index (χ3n) is 3.28. The van der Waals surface area contributed by atoms with Gasteiger partial charge in [0.05, 0.1) is 25.7 Å². The largest absolute Gasteiger partial charge is 0.323 e. The molecular formula is C16H9Cl3N2O3S2. The maximum absolute atomic E-state index is 12.4. The molecule has 1 N–H and O–H groups in total. The van der Waals surface area contributed by atoms with E-state index in [4.69, 9.17) is 34.8 Å². The van der Waals surface area contributed by atoms with Crippen molar-refractivity contribution in [3.63, 3.8) is 0 Å². The van der Waals surface area contributed by atoms with Crippen molar-refractivity contribution in [2.45, 2.75) is 0 Å². The lowest BCUT2D eigenvalue weighted by Crippen LogP contribution is -2.36. The number of rotatable bonds is 4. The summed E-state index contributed by atoms with van der Waals surface area (Å²) in [6, 6.07) is 6.46. The summed E-state index contributed by atoms with van der Waals surface area (Å²) in [4.78, 5) is 38.7. The van der Waals surface area contributed by atoms with Gasteiger partial charge in [-0.1, -0.05) is 40.9 Å². The van der Waals surface area contributed by atoms with Crippen LogP contribution in [0.15, 0.2) is 34.6 Å². The molecule has 1 aliphatic heterocycles. The molecule has 1 aromatic heterocycles. The second-order valence-corrected chi connectivity index (χ2v) is 8.27. The topological polar surface area (TPSA) is 66.5 Å². The molecule has 26 heavy (non-hydrogen) atoms. The Morgan fingerprint density at radius 2 is 1.88 bits per heavy atom. The molecule has 0 bridgehead atoms. The van der Waals surface area contributed by atoms with Crippen LogP contribution in [0.5, 0.6) is 0 Å². The fourth-order valence-corrected chi connectivity index (χ4v) is 4.25. The molecule has 1 saturated heterocycles. The van der Waals surface area contributed by atoms with Crippen molar-refractivity contribution in [1.29, 1.82) is 0 Å². The van der Waals surface area contributed by atoms with Crippen LogP contribution in [0.4, 0.5) is 10.5 Å². The van der Waals surface area contributed by atoms with Gasteiger partial charge in [-0.3, -0.25) is 19.3 Å². The molecule has 5 nitrogen and oxygen atoms in total. The van der Waals surface area contributed by atoms with E-state index in [1.807, 2.05) is 17.5 Å². The van der Waals surface area contributed by atoms with Gasteiger partial charge in [0.15, 0.2) is 0 Å². The summed E-state index contributed by atoms with van der Waals surface area (Å²) in [5, 5.41) is 4.54. The number of anilines is 1. The van der Waals surface area contributed by atoms with Gasteiger partial charge in [-0.25, -0.2) is 0 Å². The van der Waals surface area contributed by atoms with Gasteiger partial charge in [-0.15, -0.1) is 11.3 Å². The summed E-state index contributed by atoms with van der Waals surface area (Å²) >= 11 is 20.0. The fraction of sp³-hybridized carbons (Fsp3) is 0.0625. The minimum Gasteiger partial charge on any atom is -0.323 e. The lowest BCUT2D eigenvalue weighted by atomic mass is 10.3. The average Bonchev–Trinajstić information content (AvgIpc) is 3.17. The SMILES string of the molecule is O=C(CN1C(=O)S/C(=C\c2cccs2)C1=O)Nc1cc(Cl)c(Cl)cc1Cl. The van der Waals surface area contributed by atoms with Crippen LogP contribution in [-0.2, 0) is 9.59 Å². The maximum Gasteiger partial charge on any atom is 0.294 e. The first-order chi connectivity index (χ1) is 12.3. The molecule has 2 heterocycles. The van der Waals surface area contributed by atoms with Crippen LogP contribution in [0.1, 0.15) is 4.88 Å². The number of imide groups is 1. The number of hydrogen-bond acceptors (Lipinski definition) is 5. The van der Waals surface area contributed by atoms with Crippen molar-refractivity contribution in [3.05, 3.63) is 54.5 Å². The summed E-state index contributed by atoms with van der Waals surface area (Å²) in [5.41, 5.74) is 0.243. The number of nitrogens with zero attached hydrogens (tertiary/aromatic N) is 1. The number of amides is 3. The predicted octanol–water partition coefficient (Wildman–Crippen LogP) is 5.38. The van der Waals surface area contributed by atoms with Gasteiger partial charge in [0.25, 0.3) is 11.1 Å². The van der Waals surface area contributed by atoms with Crippen LogP contribution in [0.2, 0.25) is 15.1 Å². The molecule has 134 valence electrons. The van der Waals surface area contributed by atoms with Gasteiger partial charge >= 0.3 is 0 Å². The van der Waals surface area contributed by atoms with E-state index in [0.717, 1.165) is 21.5 Å². The zero-order chi connectivity index (χ0) is 18.8. The highest BCUT2D eigenvalue weighted by Gasteiger charge is 2.36. The quantitative estimate of drug-likeness (QED) is 0.504. The molecule has 3 amide bonds. The standard InChI is InChI=1S/C16H9Cl3N2O3S2/c17-9-5-11(19)12(6-10(9)18)20-14(22)7-21-15(23)13(26-16(21)24)4-8-2-1-3-25-8/h1-6H,7H2,(H,20,22)/b13-4-. The highest BCUT2D eigenvalue weighted by molar-refractivity contribution is 8.18. The molecule has 0 radical (unpaired) electrons. The maximum atomic E-state index is 12.4. The lowest BCUT2D eigenvalue weighted by molar-refractivity contribution is -0.127. The van der Waals surface area contributed by atoms with Crippen molar-refractivity contribution in [2.75, 3.05) is 11.9 Å². The Bertz CT molecular complexity index is 929. The lowest BCUT2D eigenvalue weighted by Gasteiger charge is -2.13. The highest BCUT2D eigenvalue weighted by Crippen LogP contribution is 2.34. The van der Waals surface area contributed by atoms with Crippen LogP contribution >= 0.6 is 57.9 Å². The number of thiophene rings is 1. The molecular weight excluding hydrogens is 439 g/mol.